The Labute approximate surface area is 198 Å². The first-order valence-electron chi connectivity index (χ1n) is 9.14. The number of amidine groups is 1. The number of carbonyl (C=O) groups excluding carboxylic acids is 1. The van der Waals surface area contributed by atoms with Crippen molar-refractivity contribution in [3.63, 3.8) is 0 Å². The number of aromatic nitrogens is 1. The van der Waals surface area contributed by atoms with Crippen molar-refractivity contribution in [2.24, 2.45) is 4.99 Å². The number of pyridine rings is 1. The third-order valence-electron chi connectivity index (χ3n) is 4.39. The fourth-order valence-corrected chi connectivity index (χ4v) is 3.96. The van der Waals surface area contributed by atoms with Crippen molar-refractivity contribution < 1.29 is 4.79 Å². The Morgan fingerprint density at radius 3 is 2.07 bits per heavy atom. The molecular weight excluding hydrogens is 526 g/mol. The Morgan fingerprint density at radius 2 is 1.47 bits per heavy atom. The standard InChI is InChI=1S/C23H18BrN3OS.BrH/c24-14-21(28)29-23(25-15-16-8-2-1-3-9-16)27-22-17-10-4-6-12-19(17)26-20-13-7-5-11-18(20)22;/h1-13H,14-15H2,(H,25,26,27);1H. The monoisotopic (exact) mass is 543 g/mol. The molecule has 7 heteroatoms. The number of carbonyl (C=O) groups is 1. The summed E-state index contributed by atoms with van der Waals surface area (Å²) in [6.07, 6.45) is 0. The van der Waals surface area contributed by atoms with Crippen molar-refractivity contribution in [3.05, 3.63) is 84.4 Å². The number of nitrogens with one attached hydrogen (secondary N) is 1. The maximum atomic E-state index is 12.1. The zero-order chi connectivity index (χ0) is 20.1. The van der Waals surface area contributed by atoms with Crippen LogP contribution in [0.4, 0.5) is 5.69 Å². The molecule has 0 saturated carbocycles. The molecule has 0 saturated heterocycles. The van der Waals surface area contributed by atoms with Crippen LogP contribution in [0, 0.1) is 0 Å². The van der Waals surface area contributed by atoms with Gasteiger partial charge in [0.25, 0.3) is 0 Å². The molecule has 4 nitrogen and oxygen atoms in total. The predicted molar refractivity (Wildman–Crippen MR) is 137 cm³/mol. The van der Waals surface area contributed by atoms with Gasteiger partial charge in [-0.3, -0.25) is 9.79 Å². The Balaban J connectivity index is 0.00000256. The van der Waals surface area contributed by atoms with E-state index in [4.69, 9.17) is 9.98 Å². The average Bonchev–Trinajstić information content (AvgIpc) is 2.77. The average molecular weight is 545 g/mol. The van der Waals surface area contributed by atoms with Crippen molar-refractivity contribution in [1.82, 2.24) is 4.98 Å². The lowest BCUT2D eigenvalue weighted by Crippen LogP contribution is -2.13. The molecule has 4 rings (SSSR count). The second kappa shape index (κ2) is 10.7. The van der Waals surface area contributed by atoms with Crippen LogP contribution in [0.25, 0.3) is 21.8 Å². The number of aliphatic imine (C=N–C) groups is 1. The number of thioether (sulfide) groups is 1. The van der Waals surface area contributed by atoms with Gasteiger partial charge in [-0.05, 0) is 29.5 Å². The first kappa shape index (κ1) is 22.5. The van der Waals surface area contributed by atoms with Crippen LogP contribution in [0.2, 0.25) is 0 Å². The molecule has 30 heavy (non-hydrogen) atoms. The van der Waals surface area contributed by atoms with Gasteiger partial charge in [-0.15, -0.1) is 17.0 Å². The highest BCUT2D eigenvalue weighted by atomic mass is 79.9. The lowest BCUT2D eigenvalue weighted by Gasteiger charge is -2.14. The van der Waals surface area contributed by atoms with Gasteiger partial charge in [-0.1, -0.05) is 82.7 Å². The van der Waals surface area contributed by atoms with Gasteiger partial charge < -0.3 is 5.32 Å². The van der Waals surface area contributed by atoms with Crippen LogP contribution in [0.5, 0.6) is 0 Å². The van der Waals surface area contributed by atoms with E-state index in [2.05, 4.69) is 21.2 Å². The van der Waals surface area contributed by atoms with E-state index in [0.29, 0.717) is 11.7 Å². The predicted octanol–water partition coefficient (Wildman–Crippen LogP) is 6.59. The lowest BCUT2D eigenvalue weighted by molar-refractivity contribution is -0.108. The largest absolute Gasteiger partial charge is 0.333 e. The molecule has 0 aliphatic rings. The first-order valence-corrected chi connectivity index (χ1v) is 11.1. The zero-order valence-electron chi connectivity index (χ0n) is 15.9. The van der Waals surface area contributed by atoms with Crippen LogP contribution in [0.15, 0.2) is 83.9 Å². The number of hydrogen-bond donors (Lipinski definition) is 1. The first-order chi connectivity index (χ1) is 14.2. The number of hydrogen-bond acceptors (Lipinski definition) is 4. The fourth-order valence-electron chi connectivity index (χ4n) is 3.06. The van der Waals surface area contributed by atoms with Gasteiger partial charge in [0.2, 0.25) is 5.12 Å². The molecule has 0 aliphatic heterocycles. The van der Waals surface area contributed by atoms with Gasteiger partial charge >= 0.3 is 0 Å². The number of anilines is 1. The zero-order valence-corrected chi connectivity index (χ0v) is 20.0. The summed E-state index contributed by atoms with van der Waals surface area (Å²) in [5.41, 5.74) is 3.79. The highest BCUT2D eigenvalue weighted by molar-refractivity contribution is 9.09. The molecule has 0 amide bonds. The molecule has 0 radical (unpaired) electrons. The minimum atomic E-state index is -0.00743. The summed E-state index contributed by atoms with van der Waals surface area (Å²) in [4.78, 5) is 21.6. The number of alkyl halides is 1. The fraction of sp³-hybridized carbons (Fsp3) is 0.0870. The third kappa shape index (κ3) is 5.28. The van der Waals surface area contributed by atoms with E-state index >= 15 is 0 Å². The summed E-state index contributed by atoms with van der Waals surface area (Å²) in [5, 5.41) is 6.24. The van der Waals surface area contributed by atoms with Gasteiger partial charge in [-0.2, -0.15) is 0 Å². The molecule has 1 heterocycles. The SMILES string of the molecule is Br.O=C(CBr)SC(=NCc1ccccc1)Nc1c2ccccc2nc2ccccc12. The Kier molecular flexibility index (Phi) is 8.01. The molecule has 0 unspecified atom stereocenters. The normalized spacial score (nSPS) is 11.3. The molecule has 3 aromatic carbocycles. The minimum absolute atomic E-state index is 0. The van der Waals surface area contributed by atoms with Crippen LogP contribution in [0.3, 0.4) is 0 Å². The number of nitrogens with zero attached hydrogens (tertiary/aromatic N) is 2. The van der Waals surface area contributed by atoms with Crippen LogP contribution in [-0.4, -0.2) is 20.6 Å². The molecule has 0 fully saturated rings. The van der Waals surface area contributed by atoms with Gasteiger partial charge in [0.05, 0.1) is 28.6 Å². The number of halogens is 2. The Morgan fingerprint density at radius 1 is 0.900 bits per heavy atom. The van der Waals surface area contributed by atoms with E-state index in [1.54, 1.807) is 0 Å². The third-order valence-corrected chi connectivity index (χ3v) is 6.06. The van der Waals surface area contributed by atoms with E-state index in [-0.39, 0.29) is 27.4 Å². The summed E-state index contributed by atoms with van der Waals surface area (Å²) < 4.78 is 0. The maximum absolute atomic E-state index is 12.1. The molecule has 4 aromatic rings. The van der Waals surface area contributed by atoms with E-state index < -0.39 is 0 Å². The van der Waals surface area contributed by atoms with Crippen LogP contribution in [-0.2, 0) is 11.3 Å². The van der Waals surface area contributed by atoms with Gasteiger partial charge in [-0.25, -0.2) is 4.98 Å². The van der Waals surface area contributed by atoms with Crippen molar-refractivity contribution in [2.45, 2.75) is 6.54 Å². The van der Waals surface area contributed by atoms with Crippen molar-refractivity contribution in [1.29, 1.82) is 0 Å². The minimum Gasteiger partial charge on any atom is -0.333 e. The summed E-state index contributed by atoms with van der Waals surface area (Å²) >= 11 is 4.35. The Hall–Kier alpha value is -2.22. The number of para-hydroxylation sites is 2. The molecular formula is C23H19Br2N3OS. The molecule has 0 spiro atoms. The van der Waals surface area contributed by atoms with Crippen LogP contribution >= 0.6 is 44.7 Å². The summed E-state index contributed by atoms with van der Waals surface area (Å²) in [5.74, 6) is 0. The molecule has 1 aromatic heterocycles. The quantitative estimate of drug-likeness (QED) is 0.136. The van der Waals surface area contributed by atoms with E-state index in [0.717, 1.165) is 44.8 Å². The van der Waals surface area contributed by atoms with E-state index in [1.807, 2.05) is 78.9 Å². The maximum Gasteiger partial charge on any atom is 0.207 e. The van der Waals surface area contributed by atoms with Gasteiger partial charge in [0, 0.05) is 10.8 Å². The number of benzene rings is 3. The summed E-state index contributed by atoms with van der Waals surface area (Å²) in [7, 11) is 0. The highest BCUT2D eigenvalue weighted by Gasteiger charge is 2.13. The summed E-state index contributed by atoms with van der Waals surface area (Å²) in [6.45, 7) is 0.493. The van der Waals surface area contributed by atoms with Gasteiger partial charge in [0.15, 0.2) is 5.17 Å². The topological polar surface area (TPSA) is 54.4 Å². The van der Waals surface area contributed by atoms with E-state index in [9.17, 15) is 4.79 Å². The van der Waals surface area contributed by atoms with Crippen LogP contribution in [0.1, 0.15) is 5.56 Å². The van der Waals surface area contributed by atoms with Gasteiger partial charge in [0.1, 0.15) is 0 Å². The molecule has 0 atom stereocenters. The second-order valence-electron chi connectivity index (χ2n) is 6.36. The summed E-state index contributed by atoms with van der Waals surface area (Å²) in [6, 6.07) is 26.0. The lowest BCUT2D eigenvalue weighted by atomic mass is 10.1. The number of fused-ring (bicyclic) bond motifs is 2. The molecule has 0 bridgehead atoms. The second-order valence-corrected chi connectivity index (χ2v) is 7.97. The number of rotatable bonds is 4. The molecule has 0 aliphatic carbocycles. The smallest absolute Gasteiger partial charge is 0.207 e. The van der Waals surface area contributed by atoms with Crippen molar-refractivity contribution >= 4 is 82.4 Å². The molecule has 1 N–H and O–H groups in total. The van der Waals surface area contributed by atoms with Crippen molar-refractivity contribution in [2.75, 3.05) is 10.6 Å². The van der Waals surface area contributed by atoms with Crippen molar-refractivity contribution in [3.8, 4) is 0 Å². The molecule has 152 valence electrons. The Bertz CT molecular complexity index is 1140. The highest BCUT2D eigenvalue weighted by Crippen LogP contribution is 2.31. The van der Waals surface area contributed by atoms with Crippen LogP contribution < -0.4 is 5.32 Å². The van der Waals surface area contributed by atoms with E-state index in [1.165, 1.54) is 0 Å².